The van der Waals surface area contributed by atoms with Gasteiger partial charge in [0.2, 0.25) is 0 Å². The van der Waals surface area contributed by atoms with E-state index in [0.29, 0.717) is 11.5 Å². The first kappa shape index (κ1) is 12.6. The van der Waals surface area contributed by atoms with Crippen molar-refractivity contribution >= 4 is 50.4 Å². The number of nitrogens with zero attached hydrogens (tertiary/aromatic N) is 3. The Morgan fingerprint density at radius 1 is 1.53 bits per heavy atom. The van der Waals surface area contributed by atoms with Gasteiger partial charge in [-0.15, -0.1) is 11.3 Å². The highest BCUT2D eigenvalue weighted by Gasteiger charge is 2.11. The number of halogens is 2. The third-order valence-corrected chi connectivity index (χ3v) is 4.07. The summed E-state index contributed by atoms with van der Waals surface area (Å²) in [6.45, 7) is 0.722. The van der Waals surface area contributed by atoms with Crippen LogP contribution in [-0.4, -0.2) is 17.0 Å². The summed E-state index contributed by atoms with van der Waals surface area (Å²) in [6, 6.07) is 2.07. The molecule has 2 N–H and O–H groups in total. The molecule has 2 rings (SSSR count). The van der Waals surface area contributed by atoms with Crippen molar-refractivity contribution in [2.45, 2.75) is 6.54 Å². The number of hydrogen-bond acceptors (Lipinski definition) is 5. The number of nitrogen functional groups attached to an aromatic ring is 1. The number of nitrogens with two attached hydrogens (primary N) is 1. The molecule has 0 aliphatic carbocycles. The Bertz CT molecular complexity index is 531. The van der Waals surface area contributed by atoms with Crippen LogP contribution >= 0.6 is 38.9 Å². The first-order valence-electron chi connectivity index (χ1n) is 4.78. The van der Waals surface area contributed by atoms with Gasteiger partial charge in [-0.1, -0.05) is 11.6 Å². The van der Waals surface area contributed by atoms with Crippen LogP contribution in [0.3, 0.4) is 0 Å². The Labute approximate surface area is 117 Å². The monoisotopic (exact) mass is 332 g/mol. The Hall–Kier alpha value is -0.850. The maximum atomic E-state index is 5.86. The maximum absolute atomic E-state index is 5.86. The first-order valence-corrected chi connectivity index (χ1v) is 6.83. The molecule has 0 fully saturated rings. The van der Waals surface area contributed by atoms with Crippen LogP contribution in [0.2, 0.25) is 5.15 Å². The molecule has 2 heterocycles. The molecular formula is C10H10BrClN4S. The smallest absolute Gasteiger partial charge is 0.157 e. The number of hydrogen-bond donors (Lipinski definition) is 1. The topological polar surface area (TPSA) is 55.0 Å². The van der Waals surface area contributed by atoms with Crippen LogP contribution in [0, 0.1) is 0 Å². The highest BCUT2D eigenvalue weighted by molar-refractivity contribution is 9.11. The fraction of sp³-hybridized carbons (Fsp3) is 0.200. The fourth-order valence-corrected chi connectivity index (χ4v) is 2.78. The van der Waals surface area contributed by atoms with Crippen LogP contribution < -0.4 is 10.6 Å². The number of rotatable bonds is 3. The summed E-state index contributed by atoms with van der Waals surface area (Å²) in [7, 11) is 1.92. The lowest BCUT2D eigenvalue weighted by atomic mass is 10.3. The van der Waals surface area contributed by atoms with Crippen LogP contribution in [0.25, 0.3) is 0 Å². The van der Waals surface area contributed by atoms with Gasteiger partial charge in [0.05, 0.1) is 3.79 Å². The van der Waals surface area contributed by atoms with Gasteiger partial charge in [0.1, 0.15) is 12.0 Å². The van der Waals surface area contributed by atoms with Gasteiger partial charge in [-0.2, -0.15) is 0 Å². The van der Waals surface area contributed by atoms with E-state index in [9.17, 15) is 0 Å². The number of thiophene rings is 1. The molecule has 17 heavy (non-hydrogen) atoms. The van der Waals surface area contributed by atoms with Crippen molar-refractivity contribution < 1.29 is 0 Å². The second-order valence-electron chi connectivity index (χ2n) is 3.52. The van der Waals surface area contributed by atoms with E-state index < -0.39 is 0 Å². The van der Waals surface area contributed by atoms with Gasteiger partial charge < -0.3 is 10.6 Å². The Balaban J connectivity index is 2.20. The van der Waals surface area contributed by atoms with Gasteiger partial charge in [0.15, 0.2) is 11.0 Å². The van der Waals surface area contributed by atoms with Crippen molar-refractivity contribution in [1.82, 2.24) is 9.97 Å². The van der Waals surface area contributed by atoms with Crippen LogP contribution in [0.15, 0.2) is 21.6 Å². The number of anilines is 2. The normalized spacial score (nSPS) is 10.5. The lowest BCUT2D eigenvalue weighted by Crippen LogP contribution is -2.19. The van der Waals surface area contributed by atoms with Gasteiger partial charge in [0.25, 0.3) is 0 Å². The minimum atomic E-state index is 0.286. The minimum Gasteiger partial charge on any atom is -0.393 e. The van der Waals surface area contributed by atoms with Crippen LogP contribution in [0.5, 0.6) is 0 Å². The van der Waals surface area contributed by atoms with Crippen LogP contribution in [-0.2, 0) is 6.54 Å². The van der Waals surface area contributed by atoms with E-state index in [1.54, 1.807) is 11.3 Å². The summed E-state index contributed by atoms with van der Waals surface area (Å²) in [5.41, 5.74) is 7.44. The van der Waals surface area contributed by atoms with Crippen molar-refractivity contribution in [2.24, 2.45) is 0 Å². The maximum Gasteiger partial charge on any atom is 0.157 e. The zero-order chi connectivity index (χ0) is 12.4. The highest BCUT2D eigenvalue weighted by atomic mass is 79.9. The second kappa shape index (κ2) is 5.20. The lowest BCUT2D eigenvalue weighted by Gasteiger charge is -2.19. The summed E-state index contributed by atoms with van der Waals surface area (Å²) in [4.78, 5) is 9.91. The van der Waals surface area contributed by atoms with Crippen LogP contribution in [0.4, 0.5) is 11.5 Å². The molecule has 2 aromatic rings. The Kier molecular flexibility index (Phi) is 3.86. The van der Waals surface area contributed by atoms with Gasteiger partial charge >= 0.3 is 0 Å². The van der Waals surface area contributed by atoms with E-state index in [1.165, 1.54) is 11.9 Å². The molecule has 0 unspecified atom stereocenters. The molecule has 7 heteroatoms. The van der Waals surface area contributed by atoms with E-state index >= 15 is 0 Å². The molecule has 0 saturated carbocycles. The van der Waals surface area contributed by atoms with Crippen molar-refractivity contribution in [3.63, 3.8) is 0 Å². The molecule has 0 aliphatic heterocycles. The lowest BCUT2D eigenvalue weighted by molar-refractivity contribution is 0.897. The van der Waals surface area contributed by atoms with Crippen molar-refractivity contribution in [1.29, 1.82) is 0 Å². The van der Waals surface area contributed by atoms with Crippen molar-refractivity contribution in [3.05, 3.63) is 32.3 Å². The summed E-state index contributed by atoms with van der Waals surface area (Å²) in [6.07, 6.45) is 1.41. The predicted octanol–water partition coefficient (Wildman–Crippen LogP) is 3.17. The summed E-state index contributed by atoms with van der Waals surface area (Å²) < 4.78 is 1.11. The van der Waals surface area contributed by atoms with E-state index in [4.69, 9.17) is 17.3 Å². The Morgan fingerprint density at radius 3 is 2.94 bits per heavy atom. The first-order chi connectivity index (χ1) is 8.08. The standard InChI is InChI=1S/C10H10BrClN4S/c1-16(3-6-2-7(11)17-4-6)10-8(13)9(12)14-5-15-10/h2,4-5H,3,13H2,1H3. The zero-order valence-corrected chi connectivity index (χ0v) is 12.2. The average Bonchev–Trinajstić information content (AvgIpc) is 2.68. The van der Waals surface area contributed by atoms with E-state index in [1.807, 2.05) is 11.9 Å². The third kappa shape index (κ3) is 2.88. The van der Waals surface area contributed by atoms with E-state index in [2.05, 4.69) is 37.3 Å². The summed E-state index contributed by atoms with van der Waals surface area (Å²) in [5, 5.41) is 2.37. The van der Waals surface area contributed by atoms with Crippen LogP contribution in [0.1, 0.15) is 5.56 Å². The molecule has 0 atom stereocenters. The summed E-state index contributed by atoms with van der Waals surface area (Å²) in [5.74, 6) is 0.646. The molecule has 0 aromatic carbocycles. The van der Waals surface area contributed by atoms with E-state index in [0.717, 1.165) is 10.3 Å². The van der Waals surface area contributed by atoms with Gasteiger partial charge in [-0.05, 0) is 32.9 Å². The second-order valence-corrected chi connectivity index (χ2v) is 6.17. The van der Waals surface area contributed by atoms with Gasteiger partial charge in [-0.3, -0.25) is 0 Å². The zero-order valence-electron chi connectivity index (χ0n) is 9.02. The quantitative estimate of drug-likeness (QED) is 0.877. The third-order valence-electron chi connectivity index (χ3n) is 2.22. The molecule has 0 aliphatic rings. The molecule has 0 amide bonds. The molecule has 4 nitrogen and oxygen atoms in total. The largest absolute Gasteiger partial charge is 0.393 e. The molecule has 0 radical (unpaired) electrons. The average molecular weight is 334 g/mol. The predicted molar refractivity (Wildman–Crippen MR) is 75.6 cm³/mol. The minimum absolute atomic E-state index is 0.286. The molecule has 0 bridgehead atoms. The molecule has 2 aromatic heterocycles. The van der Waals surface area contributed by atoms with E-state index in [-0.39, 0.29) is 5.15 Å². The molecule has 0 saturated heterocycles. The van der Waals surface area contributed by atoms with Gasteiger partial charge in [0, 0.05) is 13.6 Å². The van der Waals surface area contributed by atoms with Crippen molar-refractivity contribution in [2.75, 3.05) is 17.7 Å². The molecule has 0 spiro atoms. The number of aromatic nitrogens is 2. The molecule has 90 valence electrons. The van der Waals surface area contributed by atoms with Crippen molar-refractivity contribution in [3.8, 4) is 0 Å². The summed E-state index contributed by atoms with van der Waals surface area (Å²) >= 11 is 10.9. The highest BCUT2D eigenvalue weighted by Crippen LogP contribution is 2.27. The molecular weight excluding hydrogens is 324 g/mol. The van der Waals surface area contributed by atoms with Gasteiger partial charge in [-0.25, -0.2) is 9.97 Å². The Morgan fingerprint density at radius 2 is 2.29 bits per heavy atom. The fourth-order valence-electron chi connectivity index (χ4n) is 1.45. The SMILES string of the molecule is CN(Cc1csc(Br)c1)c1ncnc(Cl)c1N.